The van der Waals surface area contributed by atoms with E-state index >= 15 is 0 Å². The molecule has 1 aromatic rings. The fourth-order valence-electron chi connectivity index (χ4n) is 3.48. The van der Waals surface area contributed by atoms with Gasteiger partial charge in [0.05, 0.1) is 17.8 Å². The number of thiazole rings is 1. The maximum absolute atomic E-state index is 5.23. The molecular formula is C16H27N3OS. The van der Waals surface area contributed by atoms with Crippen molar-refractivity contribution in [2.75, 3.05) is 26.8 Å². The van der Waals surface area contributed by atoms with Crippen LogP contribution in [0.4, 0.5) is 0 Å². The van der Waals surface area contributed by atoms with Gasteiger partial charge in [0, 0.05) is 37.2 Å². The van der Waals surface area contributed by atoms with Gasteiger partial charge in [-0.1, -0.05) is 0 Å². The molecule has 1 saturated heterocycles. The summed E-state index contributed by atoms with van der Waals surface area (Å²) in [6.45, 7) is 9.40. The molecule has 4 nitrogen and oxygen atoms in total. The number of methoxy groups -OCH3 is 1. The minimum atomic E-state index is 0.0181. The molecule has 0 bridgehead atoms. The Hall–Kier alpha value is -0.490. The first-order valence-electron chi connectivity index (χ1n) is 8.00. The predicted octanol–water partition coefficient (Wildman–Crippen LogP) is 2.45. The molecule has 1 saturated carbocycles. The zero-order chi connectivity index (χ0) is 15.0. The Kier molecular flexibility index (Phi) is 4.37. The topological polar surface area (TPSA) is 37.4 Å². The van der Waals surface area contributed by atoms with E-state index < -0.39 is 0 Å². The van der Waals surface area contributed by atoms with Crippen molar-refractivity contribution in [1.82, 2.24) is 15.2 Å². The van der Waals surface area contributed by atoms with Crippen LogP contribution < -0.4 is 5.32 Å². The van der Waals surface area contributed by atoms with Crippen molar-refractivity contribution in [1.29, 1.82) is 0 Å². The highest BCUT2D eigenvalue weighted by Gasteiger charge is 2.49. The fraction of sp³-hybridized carbons (Fsp3) is 0.812. The van der Waals surface area contributed by atoms with E-state index in [1.165, 1.54) is 28.4 Å². The molecule has 118 valence electrons. The molecule has 0 radical (unpaired) electrons. The zero-order valence-electron chi connectivity index (χ0n) is 13.6. The van der Waals surface area contributed by atoms with E-state index in [9.17, 15) is 0 Å². The number of likely N-dealkylation sites (tertiary alicyclic amines) is 1. The second kappa shape index (κ2) is 5.95. The van der Waals surface area contributed by atoms with E-state index in [4.69, 9.17) is 9.72 Å². The van der Waals surface area contributed by atoms with Crippen LogP contribution in [0, 0.1) is 13.8 Å². The smallest absolute Gasteiger partial charge is 0.115 e. The quantitative estimate of drug-likeness (QED) is 0.819. The number of aromatic nitrogens is 1. The number of hydrogen-bond acceptors (Lipinski definition) is 5. The van der Waals surface area contributed by atoms with Crippen molar-refractivity contribution in [3.63, 3.8) is 0 Å². The molecule has 2 heterocycles. The Balaban J connectivity index is 1.84. The fourth-order valence-corrected chi connectivity index (χ4v) is 4.56. The van der Waals surface area contributed by atoms with E-state index in [0.717, 1.165) is 32.2 Å². The zero-order valence-corrected chi connectivity index (χ0v) is 14.4. The molecule has 0 spiro atoms. The van der Waals surface area contributed by atoms with Gasteiger partial charge in [-0.25, -0.2) is 4.98 Å². The summed E-state index contributed by atoms with van der Waals surface area (Å²) in [5, 5.41) is 5.04. The molecule has 2 aliphatic rings. The molecule has 1 N–H and O–H groups in total. The predicted molar refractivity (Wildman–Crippen MR) is 87.0 cm³/mol. The van der Waals surface area contributed by atoms with Crippen molar-refractivity contribution in [3.8, 4) is 0 Å². The van der Waals surface area contributed by atoms with Gasteiger partial charge in [-0.2, -0.15) is 0 Å². The molecule has 5 heteroatoms. The van der Waals surface area contributed by atoms with Gasteiger partial charge < -0.3 is 10.1 Å². The van der Waals surface area contributed by atoms with Crippen molar-refractivity contribution >= 4 is 11.3 Å². The average Bonchev–Trinajstić information content (AvgIpc) is 3.15. The average molecular weight is 309 g/mol. The maximum Gasteiger partial charge on any atom is 0.115 e. The van der Waals surface area contributed by atoms with E-state index in [1.54, 1.807) is 7.11 Å². The largest absolute Gasteiger partial charge is 0.383 e. The van der Waals surface area contributed by atoms with Crippen LogP contribution in [-0.2, 0) is 10.3 Å². The number of aryl methyl sites for hydroxylation is 2. The molecule has 2 unspecified atom stereocenters. The third kappa shape index (κ3) is 3.02. The van der Waals surface area contributed by atoms with Crippen LogP contribution in [-0.4, -0.2) is 48.8 Å². The molecule has 2 fully saturated rings. The molecule has 1 aliphatic carbocycles. The molecule has 0 amide bonds. The Morgan fingerprint density at radius 1 is 1.43 bits per heavy atom. The lowest BCUT2D eigenvalue weighted by Crippen LogP contribution is -2.46. The van der Waals surface area contributed by atoms with Crippen molar-refractivity contribution < 1.29 is 4.74 Å². The highest BCUT2D eigenvalue weighted by Crippen LogP contribution is 2.43. The van der Waals surface area contributed by atoms with E-state index in [2.05, 4.69) is 31.0 Å². The van der Waals surface area contributed by atoms with Crippen LogP contribution in [0.3, 0.4) is 0 Å². The summed E-state index contributed by atoms with van der Waals surface area (Å²) >= 11 is 1.86. The van der Waals surface area contributed by atoms with Gasteiger partial charge in [-0.15, -0.1) is 11.3 Å². The Labute approximate surface area is 131 Å². The Morgan fingerprint density at radius 2 is 2.19 bits per heavy atom. The van der Waals surface area contributed by atoms with E-state index in [0.29, 0.717) is 6.04 Å². The third-order valence-corrected chi connectivity index (χ3v) is 6.16. The highest BCUT2D eigenvalue weighted by atomic mass is 32.1. The molecule has 1 aromatic heterocycles. The molecule has 1 aliphatic heterocycles. The summed E-state index contributed by atoms with van der Waals surface area (Å²) in [5.74, 6) is 0. The summed E-state index contributed by atoms with van der Waals surface area (Å²) in [6, 6.07) is 1.45. The van der Waals surface area contributed by atoms with Crippen molar-refractivity contribution in [2.24, 2.45) is 0 Å². The van der Waals surface area contributed by atoms with Gasteiger partial charge in [0.2, 0.25) is 0 Å². The first kappa shape index (κ1) is 15.4. The van der Waals surface area contributed by atoms with Crippen molar-refractivity contribution in [3.05, 3.63) is 15.6 Å². The minimum Gasteiger partial charge on any atom is -0.383 e. The summed E-state index contributed by atoms with van der Waals surface area (Å²) in [4.78, 5) is 8.91. The van der Waals surface area contributed by atoms with Crippen LogP contribution in [0.25, 0.3) is 0 Å². The summed E-state index contributed by atoms with van der Waals surface area (Å²) in [6.07, 6.45) is 3.89. The summed E-state index contributed by atoms with van der Waals surface area (Å²) in [5.41, 5.74) is 1.20. The Bertz CT molecular complexity index is 480. The number of hydrogen-bond donors (Lipinski definition) is 1. The monoisotopic (exact) mass is 309 g/mol. The van der Waals surface area contributed by atoms with Crippen LogP contribution in [0.1, 0.15) is 41.8 Å². The lowest BCUT2D eigenvalue weighted by Gasteiger charge is -2.29. The molecule has 21 heavy (non-hydrogen) atoms. The van der Waals surface area contributed by atoms with E-state index in [-0.39, 0.29) is 5.54 Å². The molecule has 0 aromatic carbocycles. The molecule has 3 rings (SSSR count). The number of ether oxygens (including phenoxy) is 1. The normalized spacial score (nSPS) is 30.2. The first-order valence-corrected chi connectivity index (χ1v) is 8.81. The number of rotatable bonds is 6. The standard InChI is InChI=1S/C16H27N3OS/c1-11-9-16(17-7-8-20-4,10-19(11)14-5-6-14)15-18-12(2)13(3)21-15/h11,14,17H,5-10H2,1-4H3. The first-order chi connectivity index (χ1) is 10.1. The Morgan fingerprint density at radius 3 is 2.76 bits per heavy atom. The maximum atomic E-state index is 5.23. The van der Waals surface area contributed by atoms with Gasteiger partial charge in [-0.3, -0.25) is 4.90 Å². The van der Waals surface area contributed by atoms with Crippen LogP contribution in [0.2, 0.25) is 0 Å². The number of nitrogens with zero attached hydrogens (tertiary/aromatic N) is 2. The second-order valence-electron chi connectivity index (χ2n) is 6.62. The molecule has 2 atom stereocenters. The SMILES string of the molecule is COCCNC1(c2nc(C)c(C)s2)CC(C)N(C2CC2)C1. The second-order valence-corrected chi connectivity index (χ2v) is 7.82. The van der Waals surface area contributed by atoms with Crippen LogP contribution in [0.5, 0.6) is 0 Å². The van der Waals surface area contributed by atoms with Gasteiger partial charge in [0.25, 0.3) is 0 Å². The lowest BCUT2D eigenvalue weighted by molar-refractivity contribution is 0.181. The van der Waals surface area contributed by atoms with Crippen LogP contribution >= 0.6 is 11.3 Å². The minimum absolute atomic E-state index is 0.0181. The van der Waals surface area contributed by atoms with Gasteiger partial charge in [-0.05, 0) is 40.0 Å². The lowest BCUT2D eigenvalue weighted by atomic mass is 9.97. The van der Waals surface area contributed by atoms with Gasteiger partial charge >= 0.3 is 0 Å². The van der Waals surface area contributed by atoms with Gasteiger partial charge in [0.15, 0.2) is 0 Å². The summed E-state index contributed by atoms with van der Waals surface area (Å²) in [7, 11) is 1.76. The van der Waals surface area contributed by atoms with E-state index in [1.807, 2.05) is 11.3 Å². The van der Waals surface area contributed by atoms with Crippen LogP contribution in [0.15, 0.2) is 0 Å². The molecular weight excluding hydrogens is 282 g/mol. The summed E-state index contributed by atoms with van der Waals surface area (Å²) < 4.78 is 5.23. The van der Waals surface area contributed by atoms with Gasteiger partial charge in [0.1, 0.15) is 5.01 Å². The highest BCUT2D eigenvalue weighted by molar-refractivity contribution is 7.11. The number of nitrogens with one attached hydrogen (secondary N) is 1. The van der Waals surface area contributed by atoms with Crippen molar-refractivity contribution in [2.45, 2.75) is 57.7 Å². The third-order valence-electron chi connectivity index (χ3n) is 4.89.